The summed E-state index contributed by atoms with van der Waals surface area (Å²) in [4.78, 5) is 25.1. The quantitative estimate of drug-likeness (QED) is 0.666. The van der Waals surface area contributed by atoms with Gasteiger partial charge >= 0.3 is 0 Å². The van der Waals surface area contributed by atoms with Gasteiger partial charge in [0.2, 0.25) is 0 Å². The lowest BCUT2D eigenvalue weighted by Crippen LogP contribution is -2.29. The number of nitro benzene ring substituents is 1. The minimum absolute atomic E-state index is 0.106. The van der Waals surface area contributed by atoms with Gasteiger partial charge in [0.1, 0.15) is 0 Å². The van der Waals surface area contributed by atoms with E-state index in [2.05, 4.69) is 5.32 Å². The molecule has 0 aliphatic heterocycles. The first-order chi connectivity index (χ1) is 11.9. The van der Waals surface area contributed by atoms with Crippen LogP contribution < -0.4 is 10.2 Å². The monoisotopic (exact) mass is 359 g/mol. The van der Waals surface area contributed by atoms with Crippen molar-refractivity contribution >= 4 is 28.9 Å². The second kappa shape index (κ2) is 6.72. The standard InChI is InChI=1S/C18H18ClN3O3/c1-21(2)17-9-6-11(22(24)25)10-14(17)18(23)20-16-8-7-12-13(16)4-3-5-15(12)19/h3-6,9-10,16H,7-8H2,1-2H3,(H,20,23). The molecule has 1 N–H and O–H groups in total. The summed E-state index contributed by atoms with van der Waals surface area (Å²) in [6.45, 7) is 0. The molecule has 0 fully saturated rings. The molecule has 2 aromatic rings. The number of nitrogens with zero attached hydrogens (tertiary/aromatic N) is 2. The number of rotatable bonds is 4. The second-order valence-electron chi connectivity index (χ2n) is 6.23. The van der Waals surface area contributed by atoms with Crippen molar-refractivity contribution in [3.63, 3.8) is 0 Å². The third kappa shape index (κ3) is 3.30. The second-order valence-corrected chi connectivity index (χ2v) is 6.63. The van der Waals surface area contributed by atoms with Gasteiger partial charge in [-0.3, -0.25) is 14.9 Å². The summed E-state index contributed by atoms with van der Waals surface area (Å²) in [7, 11) is 3.59. The van der Waals surface area contributed by atoms with Crippen LogP contribution in [0, 0.1) is 10.1 Å². The van der Waals surface area contributed by atoms with Crippen molar-refractivity contribution in [1.29, 1.82) is 0 Å². The van der Waals surface area contributed by atoms with E-state index < -0.39 is 4.92 Å². The molecule has 3 rings (SSSR count). The van der Waals surface area contributed by atoms with Gasteiger partial charge in [-0.25, -0.2) is 0 Å². The van der Waals surface area contributed by atoms with Crippen LogP contribution in [0.3, 0.4) is 0 Å². The number of carbonyl (C=O) groups is 1. The minimum atomic E-state index is -0.499. The molecule has 7 heteroatoms. The van der Waals surface area contributed by atoms with Gasteiger partial charge in [0.05, 0.1) is 16.5 Å². The van der Waals surface area contributed by atoms with Crippen LogP contribution in [-0.2, 0) is 6.42 Å². The van der Waals surface area contributed by atoms with Gasteiger partial charge in [-0.15, -0.1) is 0 Å². The van der Waals surface area contributed by atoms with Gasteiger partial charge in [-0.2, -0.15) is 0 Å². The number of halogens is 1. The topological polar surface area (TPSA) is 75.5 Å². The molecule has 0 heterocycles. The Kier molecular flexibility index (Phi) is 4.63. The predicted octanol–water partition coefficient (Wildman–Crippen LogP) is 3.73. The van der Waals surface area contributed by atoms with Crippen LogP contribution in [0.5, 0.6) is 0 Å². The first-order valence-electron chi connectivity index (χ1n) is 7.92. The van der Waals surface area contributed by atoms with E-state index in [4.69, 9.17) is 11.6 Å². The number of amides is 1. The molecule has 0 bridgehead atoms. The number of hydrogen-bond donors (Lipinski definition) is 1. The normalized spacial score (nSPS) is 15.6. The molecule has 0 aromatic heterocycles. The molecule has 1 atom stereocenters. The highest BCUT2D eigenvalue weighted by Crippen LogP contribution is 2.36. The van der Waals surface area contributed by atoms with Crippen LogP contribution >= 0.6 is 11.6 Å². The van der Waals surface area contributed by atoms with Crippen LogP contribution in [0.4, 0.5) is 11.4 Å². The highest BCUT2D eigenvalue weighted by Gasteiger charge is 2.27. The Morgan fingerprint density at radius 2 is 2.08 bits per heavy atom. The average Bonchev–Trinajstić information content (AvgIpc) is 2.98. The number of nitro groups is 1. The highest BCUT2D eigenvalue weighted by atomic mass is 35.5. The Morgan fingerprint density at radius 3 is 2.76 bits per heavy atom. The fourth-order valence-electron chi connectivity index (χ4n) is 3.21. The van der Waals surface area contributed by atoms with E-state index in [0.29, 0.717) is 10.7 Å². The third-order valence-electron chi connectivity index (χ3n) is 4.44. The molecule has 0 radical (unpaired) electrons. The van der Waals surface area contributed by atoms with Crippen molar-refractivity contribution in [2.24, 2.45) is 0 Å². The molecular weight excluding hydrogens is 342 g/mol. The number of benzene rings is 2. The summed E-state index contributed by atoms with van der Waals surface area (Å²) in [5, 5.41) is 14.7. The zero-order valence-electron chi connectivity index (χ0n) is 14.0. The Hall–Kier alpha value is -2.60. The first kappa shape index (κ1) is 17.2. The first-order valence-corrected chi connectivity index (χ1v) is 8.30. The van der Waals surface area contributed by atoms with Gasteiger partial charge in [0.15, 0.2) is 0 Å². The van der Waals surface area contributed by atoms with E-state index >= 15 is 0 Å². The molecule has 25 heavy (non-hydrogen) atoms. The summed E-state index contributed by atoms with van der Waals surface area (Å²) in [5.41, 5.74) is 2.88. The van der Waals surface area contributed by atoms with Gasteiger partial charge < -0.3 is 10.2 Å². The van der Waals surface area contributed by atoms with Crippen molar-refractivity contribution in [2.45, 2.75) is 18.9 Å². The van der Waals surface area contributed by atoms with Crippen LogP contribution in [-0.4, -0.2) is 24.9 Å². The van der Waals surface area contributed by atoms with Gasteiger partial charge in [-0.1, -0.05) is 23.7 Å². The van der Waals surface area contributed by atoms with Crippen molar-refractivity contribution < 1.29 is 9.72 Å². The number of nitrogens with one attached hydrogen (secondary N) is 1. The number of non-ortho nitro benzene ring substituents is 1. The smallest absolute Gasteiger partial charge is 0.270 e. The lowest BCUT2D eigenvalue weighted by atomic mass is 10.1. The molecule has 1 unspecified atom stereocenters. The summed E-state index contributed by atoms with van der Waals surface area (Å²) >= 11 is 6.22. The van der Waals surface area contributed by atoms with Gasteiger partial charge in [0, 0.05) is 36.9 Å². The molecule has 1 aliphatic rings. The fourth-order valence-corrected chi connectivity index (χ4v) is 3.48. The molecule has 1 aliphatic carbocycles. The van der Waals surface area contributed by atoms with E-state index in [1.54, 1.807) is 25.1 Å². The Morgan fingerprint density at radius 1 is 1.32 bits per heavy atom. The zero-order valence-corrected chi connectivity index (χ0v) is 14.7. The van der Waals surface area contributed by atoms with E-state index in [0.717, 1.165) is 24.0 Å². The molecule has 0 spiro atoms. The molecule has 1 amide bonds. The van der Waals surface area contributed by atoms with Crippen LogP contribution in [0.25, 0.3) is 0 Å². The molecule has 0 saturated carbocycles. The largest absolute Gasteiger partial charge is 0.377 e. The average molecular weight is 360 g/mol. The highest BCUT2D eigenvalue weighted by molar-refractivity contribution is 6.31. The Balaban J connectivity index is 1.91. The third-order valence-corrected chi connectivity index (χ3v) is 4.79. The van der Waals surface area contributed by atoms with Gasteiger partial charge in [-0.05, 0) is 36.1 Å². The van der Waals surface area contributed by atoms with Crippen LogP contribution in [0.1, 0.15) is 33.9 Å². The van der Waals surface area contributed by atoms with Crippen molar-refractivity contribution in [3.05, 3.63) is 68.2 Å². The number of anilines is 1. The number of fused-ring (bicyclic) bond motifs is 1. The minimum Gasteiger partial charge on any atom is -0.377 e. The SMILES string of the molecule is CN(C)c1ccc([N+](=O)[O-])cc1C(=O)NC1CCc2c(Cl)cccc21. The maximum Gasteiger partial charge on any atom is 0.270 e. The Bertz CT molecular complexity index is 851. The van der Waals surface area contributed by atoms with E-state index in [9.17, 15) is 14.9 Å². The predicted molar refractivity (Wildman–Crippen MR) is 97.4 cm³/mol. The molecule has 2 aromatic carbocycles. The van der Waals surface area contributed by atoms with E-state index in [1.807, 2.05) is 18.2 Å². The number of carbonyl (C=O) groups excluding carboxylic acids is 1. The maximum absolute atomic E-state index is 12.8. The fraction of sp³-hybridized carbons (Fsp3) is 0.278. The molecule has 6 nitrogen and oxygen atoms in total. The summed E-state index contributed by atoms with van der Waals surface area (Å²) < 4.78 is 0. The van der Waals surface area contributed by atoms with Gasteiger partial charge in [0.25, 0.3) is 11.6 Å². The lowest BCUT2D eigenvalue weighted by Gasteiger charge is -2.19. The summed E-state index contributed by atoms with van der Waals surface area (Å²) in [6.07, 6.45) is 1.56. The van der Waals surface area contributed by atoms with Crippen molar-refractivity contribution in [1.82, 2.24) is 5.32 Å². The summed E-state index contributed by atoms with van der Waals surface area (Å²) in [6, 6.07) is 9.83. The van der Waals surface area contributed by atoms with Crippen molar-refractivity contribution in [2.75, 3.05) is 19.0 Å². The lowest BCUT2D eigenvalue weighted by molar-refractivity contribution is -0.384. The van der Waals surface area contributed by atoms with E-state index in [1.165, 1.54) is 12.1 Å². The van der Waals surface area contributed by atoms with Crippen LogP contribution in [0.2, 0.25) is 5.02 Å². The van der Waals surface area contributed by atoms with E-state index in [-0.39, 0.29) is 23.2 Å². The molecule has 130 valence electrons. The maximum atomic E-state index is 12.8. The zero-order chi connectivity index (χ0) is 18.1. The van der Waals surface area contributed by atoms with Crippen molar-refractivity contribution in [3.8, 4) is 0 Å². The van der Waals surface area contributed by atoms with Crippen LogP contribution in [0.15, 0.2) is 36.4 Å². The molecule has 0 saturated heterocycles. The molecular formula is C18H18ClN3O3. The Labute approximate surface area is 150 Å². The number of hydrogen-bond acceptors (Lipinski definition) is 4. The summed E-state index contributed by atoms with van der Waals surface area (Å²) in [5.74, 6) is -0.328.